The highest BCUT2D eigenvalue weighted by atomic mass is 16.4. The number of hydrogen-bond donors (Lipinski definition) is 2. The third kappa shape index (κ3) is 1.43. The predicted octanol–water partition coefficient (Wildman–Crippen LogP) is 0.732. The fourth-order valence-electron chi connectivity index (χ4n) is 2.43. The van der Waals surface area contributed by atoms with Crippen molar-refractivity contribution in [1.82, 2.24) is 9.55 Å². The Morgan fingerprint density at radius 1 is 1.44 bits per heavy atom. The molecule has 1 saturated carbocycles. The molecule has 5 heteroatoms. The molecule has 3 N–H and O–H groups in total. The van der Waals surface area contributed by atoms with Gasteiger partial charge < -0.3 is 15.4 Å². The van der Waals surface area contributed by atoms with Crippen LogP contribution in [0.2, 0.25) is 0 Å². The topological polar surface area (TPSA) is 81.1 Å². The first-order valence-corrected chi connectivity index (χ1v) is 5.75. The molecule has 1 aliphatic heterocycles. The average molecular weight is 221 g/mol. The number of fused-ring (bicyclic) bond motifs is 1. The number of imidazole rings is 1. The van der Waals surface area contributed by atoms with Crippen LogP contribution in [-0.2, 0) is 13.0 Å². The first-order chi connectivity index (χ1) is 7.66. The van der Waals surface area contributed by atoms with E-state index in [0.717, 1.165) is 43.7 Å². The van der Waals surface area contributed by atoms with Gasteiger partial charge in [-0.25, -0.2) is 9.78 Å². The Labute approximate surface area is 93.3 Å². The number of aromatic nitrogens is 2. The summed E-state index contributed by atoms with van der Waals surface area (Å²) in [5.41, 5.74) is 7.04. The number of aromatic carboxylic acids is 1. The number of rotatable bonds is 2. The predicted molar refractivity (Wildman–Crippen MR) is 57.5 cm³/mol. The fourth-order valence-corrected chi connectivity index (χ4v) is 2.43. The number of carbonyl (C=O) groups is 1. The summed E-state index contributed by atoms with van der Waals surface area (Å²) in [5, 5.41) is 9.12. The number of nitrogens with zero attached hydrogens (tertiary/aromatic N) is 2. The number of hydrogen-bond acceptors (Lipinski definition) is 3. The van der Waals surface area contributed by atoms with Gasteiger partial charge in [0.2, 0.25) is 0 Å². The molecule has 0 bridgehead atoms. The van der Waals surface area contributed by atoms with E-state index in [2.05, 4.69) is 9.55 Å². The van der Waals surface area contributed by atoms with E-state index in [1.165, 1.54) is 0 Å². The first-order valence-electron chi connectivity index (χ1n) is 5.75. The molecular weight excluding hydrogens is 206 g/mol. The second kappa shape index (κ2) is 3.31. The Hall–Kier alpha value is -1.36. The van der Waals surface area contributed by atoms with Crippen LogP contribution in [0.3, 0.4) is 0 Å². The van der Waals surface area contributed by atoms with Gasteiger partial charge in [0.05, 0.1) is 5.69 Å². The summed E-state index contributed by atoms with van der Waals surface area (Å²) in [6, 6.07) is 0.140. The lowest BCUT2D eigenvalue weighted by atomic mass is 10.0. The average Bonchev–Trinajstić information content (AvgIpc) is 3.00. The fraction of sp³-hybridized carbons (Fsp3) is 0.636. The Balaban J connectivity index is 2.09. The molecule has 2 heterocycles. The number of carboxylic acids is 1. The molecule has 1 aromatic rings. The highest BCUT2D eigenvalue weighted by Crippen LogP contribution is 2.41. The van der Waals surface area contributed by atoms with Crippen molar-refractivity contribution in [2.45, 2.75) is 44.2 Å². The maximum absolute atomic E-state index is 11.1. The lowest BCUT2D eigenvalue weighted by Crippen LogP contribution is -2.33. The number of carboxylic acid groups (broad SMARTS) is 1. The van der Waals surface area contributed by atoms with Gasteiger partial charge in [-0.3, -0.25) is 0 Å². The van der Waals surface area contributed by atoms with Crippen LogP contribution in [0.25, 0.3) is 0 Å². The minimum absolute atomic E-state index is 0.140. The Bertz CT molecular complexity index is 448. The van der Waals surface area contributed by atoms with E-state index in [1.54, 1.807) is 0 Å². The summed E-state index contributed by atoms with van der Waals surface area (Å²) in [7, 11) is 0. The van der Waals surface area contributed by atoms with Gasteiger partial charge in [-0.15, -0.1) is 0 Å². The van der Waals surface area contributed by atoms with Gasteiger partial charge in [0.15, 0.2) is 5.69 Å². The van der Waals surface area contributed by atoms with E-state index in [4.69, 9.17) is 10.8 Å². The molecule has 0 amide bonds. The molecule has 86 valence electrons. The Kier molecular flexibility index (Phi) is 2.04. The van der Waals surface area contributed by atoms with E-state index in [0.29, 0.717) is 5.92 Å². The minimum Gasteiger partial charge on any atom is -0.476 e. The minimum atomic E-state index is -0.911. The molecule has 0 saturated heterocycles. The summed E-state index contributed by atoms with van der Waals surface area (Å²) < 4.78 is 2.05. The molecule has 1 aliphatic carbocycles. The van der Waals surface area contributed by atoms with Gasteiger partial charge in [-0.2, -0.15) is 0 Å². The van der Waals surface area contributed by atoms with Crippen LogP contribution in [0.15, 0.2) is 0 Å². The second-order valence-corrected chi connectivity index (χ2v) is 4.75. The van der Waals surface area contributed by atoms with Crippen molar-refractivity contribution in [2.24, 2.45) is 5.73 Å². The van der Waals surface area contributed by atoms with E-state index < -0.39 is 5.97 Å². The molecule has 3 rings (SSSR count). The molecule has 1 atom stereocenters. The second-order valence-electron chi connectivity index (χ2n) is 4.75. The standard InChI is InChI=1S/C11H15N3O2/c12-7-3-4-8-9(11(15)16)13-10(6-1-2-6)14(8)5-7/h6-7H,1-5,12H2,(H,15,16). The summed E-state index contributed by atoms with van der Waals surface area (Å²) in [6.07, 6.45) is 3.86. The lowest BCUT2D eigenvalue weighted by Gasteiger charge is -2.22. The molecule has 1 aromatic heterocycles. The zero-order chi connectivity index (χ0) is 11.3. The van der Waals surface area contributed by atoms with E-state index in [1.807, 2.05) is 0 Å². The molecule has 16 heavy (non-hydrogen) atoms. The van der Waals surface area contributed by atoms with Gasteiger partial charge >= 0.3 is 5.97 Å². The van der Waals surface area contributed by atoms with Crippen molar-refractivity contribution in [1.29, 1.82) is 0 Å². The molecule has 0 radical (unpaired) electrons. The Morgan fingerprint density at radius 3 is 2.81 bits per heavy atom. The smallest absolute Gasteiger partial charge is 0.356 e. The van der Waals surface area contributed by atoms with Crippen molar-refractivity contribution in [2.75, 3.05) is 0 Å². The number of nitrogens with two attached hydrogens (primary N) is 1. The molecule has 0 aromatic carbocycles. The maximum Gasteiger partial charge on any atom is 0.356 e. The van der Waals surface area contributed by atoms with E-state index >= 15 is 0 Å². The third-order valence-corrected chi connectivity index (χ3v) is 3.42. The summed E-state index contributed by atoms with van der Waals surface area (Å²) in [5.74, 6) is 0.505. The summed E-state index contributed by atoms with van der Waals surface area (Å²) in [6.45, 7) is 0.724. The van der Waals surface area contributed by atoms with Crippen LogP contribution >= 0.6 is 0 Å². The molecule has 1 unspecified atom stereocenters. The van der Waals surface area contributed by atoms with Crippen molar-refractivity contribution in [3.8, 4) is 0 Å². The molecule has 2 aliphatic rings. The van der Waals surface area contributed by atoms with Crippen LogP contribution < -0.4 is 5.73 Å². The molecule has 1 fully saturated rings. The van der Waals surface area contributed by atoms with Crippen LogP contribution in [0.1, 0.15) is 47.2 Å². The molecule has 0 spiro atoms. The zero-order valence-corrected chi connectivity index (χ0v) is 9.02. The summed E-state index contributed by atoms with van der Waals surface area (Å²) >= 11 is 0. The summed E-state index contributed by atoms with van der Waals surface area (Å²) in [4.78, 5) is 15.4. The van der Waals surface area contributed by atoms with E-state index in [9.17, 15) is 4.79 Å². The SMILES string of the molecule is NC1CCc2c(C(=O)O)nc(C3CC3)n2C1. The maximum atomic E-state index is 11.1. The Morgan fingerprint density at radius 2 is 2.19 bits per heavy atom. The van der Waals surface area contributed by atoms with Gasteiger partial charge in [-0.05, 0) is 25.7 Å². The van der Waals surface area contributed by atoms with Gasteiger partial charge in [-0.1, -0.05) is 0 Å². The first kappa shape index (κ1) is 9.84. The molecular formula is C11H15N3O2. The van der Waals surface area contributed by atoms with Crippen molar-refractivity contribution in [3.05, 3.63) is 17.2 Å². The van der Waals surface area contributed by atoms with Gasteiger partial charge in [0.25, 0.3) is 0 Å². The lowest BCUT2D eigenvalue weighted by molar-refractivity contribution is 0.0689. The van der Waals surface area contributed by atoms with E-state index in [-0.39, 0.29) is 11.7 Å². The highest BCUT2D eigenvalue weighted by Gasteiger charge is 2.34. The van der Waals surface area contributed by atoms with Crippen molar-refractivity contribution in [3.63, 3.8) is 0 Å². The van der Waals surface area contributed by atoms with Gasteiger partial charge in [0.1, 0.15) is 5.82 Å². The van der Waals surface area contributed by atoms with Crippen LogP contribution in [0, 0.1) is 0 Å². The van der Waals surface area contributed by atoms with Crippen LogP contribution in [-0.4, -0.2) is 26.7 Å². The zero-order valence-electron chi connectivity index (χ0n) is 9.02. The molecule has 5 nitrogen and oxygen atoms in total. The highest BCUT2D eigenvalue weighted by molar-refractivity contribution is 5.87. The quantitative estimate of drug-likeness (QED) is 0.771. The monoisotopic (exact) mass is 221 g/mol. The third-order valence-electron chi connectivity index (χ3n) is 3.42. The van der Waals surface area contributed by atoms with Crippen molar-refractivity contribution < 1.29 is 9.90 Å². The van der Waals surface area contributed by atoms with Gasteiger partial charge in [0, 0.05) is 18.5 Å². The largest absolute Gasteiger partial charge is 0.476 e. The van der Waals surface area contributed by atoms with Crippen molar-refractivity contribution >= 4 is 5.97 Å². The van der Waals surface area contributed by atoms with Crippen LogP contribution in [0.5, 0.6) is 0 Å². The van der Waals surface area contributed by atoms with Crippen LogP contribution in [0.4, 0.5) is 0 Å². The normalized spacial score (nSPS) is 24.2.